The third-order valence-electron chi connectivity index (χ3n) is 3.82. The van der Waals surface area contributed by atoms with Crippen LogP contribution in [0.1, 0.15) is 28.4 Å². The second kappa shape index (κ2) is 7.12. The number of carbonyl (C=O) groups is 2. The first-order valence-corrected chi connectivity index (χ1v) is 7.69. The second-order valence-electron chi connectivity index (χ2n) is 5.46. The Hall–Kier alpha value is -2.89. The third-order valence-corrected chi connectivity index (χ3v) is 3.82. The summed E-state index contributed by atoms with van der Waals surface area (Å²) in [6.07, 6.45) is 0.657. The van der Waals surface area contributed by atoms with E-state index in [-0.39, 0.29) is 24.1 Å². The van der Waals surface area contributed by atoms with E-state index in [0.29, 0.717) is 13.0 Å². The normalized spacial score (nSPS) is 15.8. The fraction of sp³-hybridized carbons (Fsp3) is 0.222. The van der Waals surface area contributed by atoms with E-state index >= 15 is 0 Å². The van der Waals surface area contributed by atoms with Gasteiger partial charge in [0.15, 0.2) is 0 Å². The Bertz CT molecular complexity index is 763. The smallest absolute Gasteiger partial charge is 0.254 e. The van der Waals surface area contributed by atoms with E-state index in [4.69, 9.17) is 4.74 Å². The van der Waals surface area contributed by atoms with Crippen molar-refractivity contribution in [2.45, 2.75) is 12.5 Å². The third kappa shape index (κ3) is 3.53. The topological polar surface area (TPSA) is 67.4 Å². The Kier molecular flexibility index (Phi) is 4.74. The highest BCUT2D eigenvalue weighted by Crippen LogP contribution is 2.31. The lowest BCUT2D eigenvalue weighted by molar-refractivity contribution is -0.121. The molecule has 124 valence electrons. The van der Waals surface area contributed by atoms with Gasteiger partial charge in [-0.1, -0.05) is 30.3 Å². The summed E-state index contributed by atoms with van der Waals surface area (Å²) in [5, 5.41) is 5.30. The molecule has 0 spiro atoms. The van der Waals surface area contributed by atoms with Crippen LogP contribution < -0.4 is 15.4 Å². The molecule has 24 heavy (non-hydrogen) atoms. The van der Waals surface area contributed by atoms with E-state index in [0.717, 1.165) is 11.3 Å². The molecule has 2 amide bonds. The summed E-state index contributed by atoms with van der Waals surface area (Å²) >= 11 is 0. The van der Waals surface area contributed by atoms with Crippen molar-refractivity contribution in [3.05, 3.63) is 65.5 Å². The molecule has 0 aromatic heterocycles. The Morgan fingerprint density at radius 1 is 1.12 bits per heavy atom. The molecule has 1 heterocycles. The molecule has 2 aromatic rings. The largest absolute Gasteiger partial charge is 0.493 e. The van der Waals surface area contributed by atoms with Crippen LogP contribution in [-0.4, -0.2) is 25.0 Å². The van der Waals surface area contributed by atoms with Crippen molar-refractivity contribution in [3.63, 3.8) is 0 Å². The average Bonchev–Trinajstić information content (AvgIpc) is 2.60. The molecule has 1 aliphatic heterocycles. The maximum Gasteiger partial charge on any atom is 0.254 e. The number of rotatable bonds is 4. The SMILES string of the molecule is O=C(CNC(=O)c1ccccc1F)N[C@@H]1CCOc2ccccc21. The highest BCUT2D eigenvalue weighted by molar-refractivity contribution is 5.96. The Labute approximate surface area is 138 Å². The first-order chi connectivity index (χ1) is 11.6. The van der Waals surface area contributed by atoms with E-state index < -0.39 is 11.7 Å². The molecule has 3 rings (SSSR count). The van der Waals surface area contributed by atoms with Gasteiger partial charge >= 0.3 is 0 Å². The number of fused-ring (bicyclic) bond motifs is 1. The van der Waals surface area contributed by atoms with Crippen molar-refractivity contribution in [1.29, 1.82) is 0 Å². The van der Waals surface area contributed by atoms with Crippen LogP contribution >= 0.6 is 0 Å². The van der Waals surface area contributed by atoms with Gasteiger partial charge in [-0.05, 0) is 18.2 Å². The average molecular weight is 328 g/mol. The van der Waals surface area contributed by atoms with Gasteiger partial charge in [0.05, 0.1) is 24.8 Å². The highest BCUT2D eigenvalue weighted by atomic mass is 19.1. The zero-order valence-electron chi connectivity index (χ0n) is 12.9. The molecule has 0 unspecified atom stereocenters. The lowest BCUT2D eigenvalue weighted by Gasteiger charge is -2.26. The zero-order valence-corrected chi connectivity index (χ0v) is 12.9. The summed E-state index contributed by atoms with van der Waals surface area (Å²) in [6, 6.07) is 13.0. The first kappa shape index (κ1) is 16.0. The molecule has 2 aromatic carbocycles. The molecular weight excluding hydrogens is 311 g/mol. The molecule has 0 fully saturated rings. The fourth-order valence-corrected chi connectivity index (χ4v) is 2.64. The van der Waals surface area contributed by atoms with Crippen molar-refractivity contribution >= 4 is 11.8 Å². The van der Waals surface area contributed by atoms with Crippen LogP contribution in [-0.2, 0) is 4.79 Å². The number of amides is 2. The van der Waals surface area contributed by atoms with Gasteiger partial charge in [0.1, 0.15) is 11.6 Å². The number of ether oxygens (including phenoxy) is 1. The fourth-order valence-electron chi connectivity index (χ4n) is 2.64. The van der Waals surface area contributed by atoms with Crippen LogP contribution in [0, 0.1) is 5.82 Å². The minimum Gasteiger partial charge on any atom is -0.493 e. The van der Waals surface area contributed by atoms with Gasteiger partial charge in [-0.2, -0.15) is 0 Å². The van der Waals surface area contributed by atoms with Gasteiger partial charge in [0.25, 0.3) is 5.91 Å². The molecule has 2 N–H and O–H groups in total. The number of hydrogen-bond donors (Lipinski definition) is 2. The van der Waals surface area contributed by atoms with Crippen LogP contribution in [0.5, 0.6) is 5.75 Å². The predicted octanol–water partition coefficient (Wildman–Crippen LogP) is 2.20. The van der Waals surface area contributed by atoms with Gasteiger partial charge in [-0.25, -0.2) is 4.39 Å². The zero-order chi connectivity index (χ0) is 16.9. The second-order valence-corrected chi connectivity index (χ2v) is 5.46. The monoisotopic (exact) mass is 328 g/mol. The van der Waals surface area contributed by atoms with E-state index in [2.05, 4.69) is 10.6 Å². The minimum atomic E-state index is -0.617. The van der Waals surface area contributed by atoms with Crippen molar-refractivity contribution in [1.82, 2.24) is 10.6 Å². The Balaban J connectivity index is 1.57. The number of para-hydroxylation sites is 1. The van der Waals surface area contributed by atoms with Crippen molar-refractivity contribution in [2.75, 3.05) is 13.2 Å². The highest BCUT2D eigenvalue weighted by Gasteiger charge is 2.22. The minimum absolute atomic E-state index is 0.0817. The molecule has 5 nitrogen and oxygen atoms in total. The van der Waals surface area contributed by atoms with Crippen molar-refractivity contribution in [3.8, 4) is 5.75 Å². The molecular formula is C18H17FN2O3. The van der Waals surface area contributed by atoms with Crippen LogP contribution in [0.3, 0.4) is 0 Å². The van der Waals surface area contributed by atoms with Gasteiger partial charge in [-0.3, -0.25) is 9.59 Å². The molecule has 0 saturated heterocycles. The van der Waals surface area contributed by atoms with Gasteiger partial charge < -0.3 is 15.4 Å². The molecule has 6 heteroatoms. The summed E-state index contributed by atoms with van der Waals surface area (Å²) in [5.74, 6) is -0.810. The Morgan fingerprint density at radius 3 is 2.71 bits per heavy atom. The molecule has 0 bridgehead atoms. The summed E-state index contributed by atoms with van der Waals surface area (Å²) in [7, 11) is 0. The van der Waals surface area contributed by atoms with E-state index in [1.54, 1.807) is 6.07 Å². The van der Waals surface area contributed by atoms with Crippen LogP contribution in [0.15, 0.2) is 48.5 Å². The summed E-state index contributed by atoms with van der Waals surface area (Å²) < 4.78 is 19.1. The number of halogens is 1. The predicted molar refractivity (Wildman–Crippen MR) is 86.2 cm³/mol. The lowest BCUT2D eigenvalue weighted by Crippen LogP contribution is -2.40. The molecule has 0 aliphatic carbocycles. The number of carbonyl (C=O) groups excluding carboxylic acids is 2. The number of benzene rings is 2. The summed E-state index contributed by atoms with van der Waals surface area (Å²) in [6.45, 7) is 0.302. The lowest BCUT2D eigenvalue weighted by atomic mass is 10.0. The van der Waals surface area contributed by atoms with Crippen molar-refractivity contribution in [2.24, 2.45) is 0 Å². The number of hydrogen-bond acceptors (Lipinski definition) is 3. The number of nitrogens with one attached hydrogen (secondary N) is 2. The van der Waals surface area contributed by atoms with E-state index in [9.17, 15) is 14.0 Å². The van der Waals surface area contributed by atoms with Gasteiger partial charge in [0.2, 0.25) is 5.91 Å². The molecule has 0 saturated carbocycles. The summed E-state index contributed by atoms with van der Waals surface area (Å²) in [5.41, 5.74) is 0.833. The summed E-state index contributed by atoms with van der Waals surface area (Å²) in [4.78, 5) is 24.0. The standard InChI is InChI=1S/C18H17FN2O3/c19-14-7-3-1-5-12(14)18(23)20-11-17(22)21-15-9-10-24-16-8-4-2-6-13(15)16/h1-8,15H,9-11H2,(H,20,23)(H,21,22)/t15-/m1/s1. The quantitative estimate of drug-likeness (QED) is 0.904. The Morgan fingerprint density at radius 2 is 1.88 bits per heavy atom. The molecule has 1 atom stereocenters. The van der Waals surface area contributed by atoms with Gasteiger partial charge in [0, 0.05) is 12.0 Å². The molecule has 0 radical (unpaired) electrons. The van der Waals surface area contributed by atoms with Crippen LogP contribution in [0.2, 0.25) is 0 Å². The first-order valence-electron chi connectivity index (χ1n) is 7.69. The maximum absolute atomic E-state index is 13.5. The van der Waals surface area contributed by atoms with E-state index in [1.807, 2.05) is 24.3 Å². The molecule has 1 aliphatic rings. The van der Waals surface area contributed by atoms with Crippen LogP contribution in [0.4, 0.5) is 4.39 Å². The van der Waals surface area contributed by atoms with Gasteiger partial charge in [-0.15, -0.1) is 0 Å². The van der Waals surface area contributed by atoms with Crippen molar-refractivity contribution < 1.29 is 18.7 Å². The van der Waals surface area contributed by atoms with Crippen LogP contribution in [0.25, 0.3) is 0 Å². The maximum atomic E-state index is 13.5. The van der Waals surface area contributed by atoms with E-state index in [1.165, 1.54) is 18.2 Å².